The van der Waals surface area contributed by atoms with Gasteiger partial charge in [0.2, 0.25) is 0 Å². The Labute approximate surface area is 77.1 Å². The molecule has 74 valence electrons. The van der Waals surface area contributed by atoms with Crippen LogP contribution in [-0.2, 0) is 25.1 Å². The minimum absolute atomic E-state index is 0.291. The molecular formula is C3H7ClO6S2. The van der Waals surface area contributed by atoms with Gasteiger partial charge in [0.1, 0.15) is 5.75 Å². The summed E-state index contributed by atoms with van der Waals surface area (Å²) in [6, 6.07) is 0. The van der Waals surface area contributed by atoms with Crippen LogP contribution in [0.5, 0.6) is 0 Å². The first-order valence-corrected chi connectivity index (χ1v) is 5.79. The highest BCUT2D eigenvalue weighted by molar-refractivity contribution is 7.95. The van der Waals surface area contributed by atoms with Crippen molar-refractivity contribution in [2.24, 2.45) is 0 Å². The Morgan fingerprint density at radius 1 is 1.58 bits per heavy atom. The summed E-state index contributed by atoms with van der Waals surface area (Å²) >= 11 is 2.19. The first kappa shape index (κ1) is 12.3. The van der Waals surface area contributed by atoms with E-state index in [1.807, 2.05) is 0 Å². The third-order valence-corrected chi connectivity index (χ3v) is 3.18. The Hall–Kier alpha value is 0.270. The molecule has 0 aromatic carbocycles. The van der Waals surface area contributed by atoms with E-state index in [-0.39, 0.29) is 5.88 Å². The molecule has 0 radical (unpaired) electrons. The number of halogens is 1. The first-order chi connectivity index (χ1) is 5.37. The molecule has 2 unspecified atom stereocenters. The Morgan fingerprint density at radius 3 is 2.42 bits per heavy atom. The van der Waals surface area contributed by atoms with Crippen molar-refractivity contribution in [2.75, 3.05) is 11.6 Å². The fraction of sp³-hybridized carbons (Fsp3) is 1.00. The van der Waals surface area contributed by atoms with Crippen molar-refractivity contribution in [2.45, 2.75) is 6.10 Å². The molecule has 0 spiro atoms. The summed E-state index contributed by atoms with van der Waals surface area (Å²) in [4.78, 5) is 0. The van der Waals surface area contributed by atoms with Crippen molar-refractivity contribution in [3.63, 3.8) is 0 Å². The van der Waals surface area contributed by atoms with Gasteiger partial charge in [-0.25, -0.2) is 0 Å². The SMILES string of the molecule is O=S(O)OS(=O)(=O)CC(O)CCl. The summed E-state index contributed by atoms with van der Waals surface area (Å²) in [6.45, 7) is 0. The van der Waals surface area contributed by atoms with E-state index in [4.69, 9.17) is 21.3 Å². The molecule has 0 aliphatic carbocycles. The monoisotopic (exact) mass is 238 g/mol. The highest BCUT2D eigenvalue weighted by Crippen LogP contribution is 2.00. The summed E-state index contributed by atoms with van der Waals surface area (Å²) in [5, 5.41) is 8.73. The van der Waals surface area contributed by atoms with Crippen molar-refractivity contribution in [3.05, 3.63) is 0 Å². The summed E-state index contributed by atoms with van der Waals surface area (Å²) in [7, 11) is -4.18. The molecule has 0 aliphatic heterocycles. The topological polar surface area (TPSA) is 101 Å². The Morgan fingerprint density at radius 2 is 2.08 bits per heavy atom. The number of rotatable bonds is 5. The van der Waals surface area contributed by atoms with Crippen LogP contribution in [-0.4, -0.2) is 40.0 Å². The average molecular weight is 239 g/mol. The van der Waals surface area contributed by atoms with Gasteiger partial charge in [-0.3, -0.25) is 4.55 Å². The molecule has 0 bridgehead atoms. The number of alkyl halides is 1. The summed E-state index contributed by atoms with van der Waals surface area (Å²) in [5.41, 5.74) is 0. The second kappa shape index (κ2) is 5.10. The third kappa shape index (κ3) is 5.86. The average Bonchev–Trinajstić information content (AvgIpc) is 1.83. The lowest BCUT2D eigenvalue weighted by atomic mass is 10.5. The minimum Gasteiger partial charge on any atom is -0.391 e. The predicted molar refractivity (Wildman–Crippen MR) is 42.4 cm³/mol. The predicted octanol–water partition coefficient (Wildman–Crippen LogP) is -0.931. The molecule has 2 atom stereocenters. The fourth-order valence-electron chi connectivity index (χ4n) is 0.397. The van der Waals surface area contributed by atoms with Crippen LogP contribution in [0.1, 0.15) is 0 Å². The zero-order chi connectivity index (χ0) is 9.78. The normalized spacial score (nSPS) is 17.2. The fourth-order valence-corrected chi connectivity index (χ4v) is 2.16. The van der Waals surface area contributed by atoms with E-state index in [9.17, 15) is 12.6 Å². The van der Waals surface area contributed by atoms with Gasteiger partial charge in [0.15, 0.2) is 0 Å². The minimum atomic E-state index is -4.18. The van der Waals surface area contributed by atoms with Crippen molar-refractivity contribution in [1.82, 2.24) is 0 Å². The smallest absolute Gasteiger partial charge is 0.317 e. The van der Waals surface area contributed by atoms with E-state index in [1.165, 1.54) is 0 Å². The van der Waals surface area contributed by atoms with E-state index in [1.54, 1.807) is 0 Å². The molecule has 0 aromatic heterocycles. The molecule has 0 aliphatic rings. The van der Waals surface area contributed by atoms with Crippen LogP contribution in [0.2, 0.25) is 0 Å². The maximum absolute atomic E-state index is 10.6. The Bertz CT molecular complexity index is 248. The molecule has 0 saturated carbocycles. The van der Waals surface area contributed by atoms with Crippen LogP contribution in [0, 0.1) is 0 Å². The number of hydrogen-bond acceptors (Lipinski definition) is 5. The summed E-state index contributed by atoms with van der Waals surface area (Å²) < 4.78 is 42.7. The van der Waals surface area contributed by atoms with Crippen molar-refractivity contribution < 1.29 is 25.9 Å². The van der Waals surface area contributed by atoms with Crippen LogP contribution in [0.15, 0.2) is 0 Å². The molecular weight excluding hydrogens is 232 g/mol. The first-order valence-electron chi connectivity index (χ1n) is 2.65. The van der Waals surface area contributed by atoms with E-state index >= 15 is 0 Å². The third-order valence-electron chi connectivity index (χ3n) is 0.737. The summed E-state index contributed by atoms with van der Waals surface area (Å²) in [5.74, 6) is -1.09. The van der Waals surface area contributed by atoms with Gasteiger partial charge in [-0.2, -0.15) is 12.6 Å². The van der Waals surface area contributed by atoms with E-state index in [0.29, 0.717) is 0 Å². The van der Waals surface area contributed by atoms with Crippen LogP contribution >= 0.6 is 11.6 Å². The van der Waals surface area contributed by atoms with Crippen molar-refractivity contribution in [1.29, 1.82) is 0 Å². The number of hydrogen-bond donors (Lipinski definition) is 2. The zero-order valence-corrected chi connectivity index (χ0v) is 8.10. The molecule has 0 saturated heterocycles. The zero-order valence-electron chi connectivity index (χ0n) is 5.71. The lowest BCUT2D eigenvalue weighted by Gasteiger charge is -2.04. The maximum atomic E-state index is 10.6. The molecule has 0 amide bonds. The molecule has 6 nitrogen and oxygen atoms in total. The van der Waals surface area contributed by atoms with E-state index in [0.717, 1.165) is 0 Å². The van der Waals surface area contributed by atoms with E-state index in [2.05, 4.69) is 3.63 Å². The van der Waals surface area contributed by atoms with E-state index < -0.39 is 33.3 Å². The molecule has 0 rings (SSSR count). The van der Waals surface area contributed by atoms with Gasteiger partial charge in [-0.1, -0.05) is 0 Å². The van der Waals surface area contributed by atoms with Crippen molar-refractivity contribution in [3.8, 4) is 0 Å². The molecule has 2 N–H and O–H groups in total. The largest absolute Gasteiger partial charge is 0.391 e. The molecule has 0 aromatic rings. The second-order valence-corrected chi connectivity index (χ2v) is 4.55. The van der Waals surface area contributed by atoms with Crippen LogP contribution in [0.3, 0.4) is 0 Å². The van der Waals surface area contributed by atoms with Gasteiger partial charge < -0.3 is 5.11 Å². The maximum Gasteiger partial charge on any atom is 0.317 e. The van der Waals surface area contributed by atoms with Gasteiger partial charge in [0.25, 0.3) is 10.1 Å². The van der Waals surface area contributed by atoms with Gasteiger partial charge in [0, 0.05) is 5.88 Å². The molecule has 0 heterocycles. The standard InChI is InChI=1S/C3H7ClO6S2/c4-1-3(5)2-12(8,9)10-11(6)7/h3,5H,1-2H2,(H,6,7). The second-order valence-electron chi connectivity index (χ2n) is 1.82. The quantitative estimate of drug-likeness (QED) is 0.474. The molecule has 9 heteroatoms. The Balaban J connectivity index is 4.15. The highest BCUT2D eigenvalue weighted by atomic mass is 35.5. The van der Waals surface area contributed by atoms with Gasteiger partial charge in [-0.15, -0.1) is 15.2 Å². The van der Waals surface area contributed by atoms with Crippen LogP contribution < -0.4 is 0 Å². The van der Waals surface area contributed by atoms with Crippen molar-refractivity contribution >= 4 is 33.1 Å². The highest BCUT2D eigenvalue weighted by Gasteiger charge is 2.19. The van der Waals surface area contributed by atoms with Gasteiger partial charge in [0.05, 0.1) is 6.10 Å². The van der Waals surface area contributed by atoms with Gasteiger partial charge in [-0.05, 0) is 0 Å². The van der Waals surface area contributed by atoms with Crippen LogP contribution in [0.4, 0.5) is 0 Å². The Kier molecular flexibility index (Phi) is 5.21. The molecule has 12 heavy (non-hydrogen) atoms. The lowest BCUT2D eigenvalue weighted by molar-refractivity contribution is 0.219. The van der Waals surface area contributed by atoms with Gasteiger partial charge >= 0.3 is 11.4 Å². The lowest BCUT2D eigenvalue weighted by Crippen LogP contribution is -2.24. The summed E-state index contributed by atoms with van der Waals surface area (Å²) in [6.07, 6.45) is -1.31. The number of aliphatic hydroxyl groups excluding tert-OH is 1. The molecule has 0 fully saturated rings. The number of aliphatic hydroxyl groups is 1. The van der Waals surface area contributed by atoms with Crippen LogP contribution in [0.25, 0.3) is 0 Å².